The van der Waals surface area contributed by atoms with E-state index in [0.717, 1.165) is 0 Å². The third kappa shape index (κ3) is 6.72. The van der Waals surface area contributed by atoms with Crippen LogP contribution < -0.4 is 21.9 Å². The average Bonchev–Trinajstić information content (AvgIpc) is 3.12. The Morgan fingerprint density at radius 2 is 0.600 bits per heavy atom. The molecule has 7 aromatic carbocycles. The molecule has 0 radical (unpaired) electrons. The molecule has 0 bridgehead atoms. The van der Waals surface area contributed by atoms with E-state index in [1.807, 2.05) is 0 Å². The van der Waals surface area contributed by atoms with Gasteiger partial charge in [-0.15, -0.1) is 0 Å². The number of rotatable bonds is 7. The van der Waals surface area contributed by atoms with Gasteiger partial charge in [0.05, 0.1) is 10.9 Å². The van der Waals surface area contributed by atoms with E-state index in [2.05, 4.69) is 213 Å². The maximum atomic E-state index is 2.29. The van der Waals surface area contributed by atoms with Gasteiger partial charge in [-0.3, -0.25) is 0 Å². The third-order valence-electron chi connectivity index (χ3n) is 8.38. The van der Waals surface area contributed by atoms with Crippen molar-refractivity contribution in [3.05, 3.63) is 212 Å². The molecule has 0 nitrogen and oxygen atoms in total. The molecule has 7 aromatic rings. The highest BCUT2D eigenvalue weighted by atomic mass is 32.2. The van der Waals surface area contributed by atoms with E-state index in [1.165, 1.54) is 42.1 Å². The molecule has 0 atom stereocenters. The minimum absolute atomic E-state index is 0.0249. The number of benzene rings is 7. The Hall–Kier alpha value is -5.05. The second kappa shape index (κ2) is 14.6. The van der Waals surface area contributed by atoms with Crippen LogP contribution >= 0.6 is 0 Å². The van der Waals surface area contributed by atoms with Crippen LogP contribution in [0.25, 0.3) is 0 Å². The summed E-state index contributed by atoms with van der Waals surface area (Å²) in [4.78, 5) is 4.11. The fraction of sp³-hybridized carbons (Fsp3) is 0.0233. The van der Waals surface area contributed by atoms with Gasteiger partial charge in [0.1, 0.15) is 6.15 Å². The molecule has 7 rings (SSSR count). The van der Waals surface area contributed by atoms with E-state index >= 15 is 0 Å². The average molecular weight is 597 g/mol. The van der Waals surface area contributed by atoms with Crippen LogP contribution in [0.2, 0.25) is 0 Å². The van der Waals surface area contributed by atoms with Crippen LogP contribution in [0.15, 0.2) is 221 Å². The van der Waals surface area contributed by atoms with E-state index in [-0.39, 0.29) is 10.9 Å². The quantitative estimate of drug-likeness (QED) is 0.129. The molecular formula is C43H37BS. The molecule has 0 heterocycles. The smallest absolute Gasteiger partial charge is 0.166 e. The summed E-state index contributed by atoms with van der Waals surface area (Å²) >= 11 is 0. The van der Waals surface area contributed by atoms with Crippen molar-refractivity contribution in [3.63, 3.8) is 0 Å². The first-order valence-corrected chi connectivity index (χ1v) is 16.8. The third-order valence-corrected chi connectivity index (χ3v) is 10.6. The largest absolute Gasteiger partial charge is 0.195 e. The van der Waals surface area contributed by atoms with Gasteiger partial charge in [-0.05, 0) is 48.9 Å². The van der Waals surface area contributed by atoms with Gasteiger partial charge in [0.25, 0.3) is 0 Å². The maximum Gasteiger partial charge on any atom is 0.166 e. The number of aryl methyl sites for hydroxylation is 1. The van der Waals surface area contributed by atoms with E-state index in [0.29, 0.717) is 0 Å². The van der Waals surface area contributed by atoms with Crippen LogP contribution in [0.5, 0.6) is 0 Å². The first kappa shape index (κ1) is 30.0. The molecular weight excluding hydrogens is 559 g/mol. The lowest BCUT2D eigenvalue weighted by Crippen LogP contribution is -2.74. The minimum atomic E-state index is -1.22. The van der Waals surface area contributed by atoms with E-state index in [9.17, 15) is 0 Å². The topological polar surface area (TPSA) is 0 Å². The lowest BCUT2D eigenvalue weighted by atomic mass is 9.13. The van der Waals surface area contributed by atoms with Gasteiger partial charge >= 0.3 is 0 Å². The highest BCUT2D eigenvalue weighted by molar-refractivity contribution is 7.97. The summed E-state index contributed by atoms with van der Waals surface area (Å²) in [5, 5.41) is 0. The van der Waals surface area contributed by atoms with Crippen molar-refractivity contribution in [2.24, 2.45) is 0 Å². The van der Waals surface area contributed by atoms with Crippen molar-refractivity contribution in [1.29, 1.82) is 0 Å². The van der Waals surface area contributed by atoms with Gasteiger partial charge in [-0.2, -0.15) is 21.9 Å². The van der Waals surface area contributed by atoms with Crippen LogP contribution in [0.1, 0.15) is 5.56 Å². The Bertz CT molecular complexity index is 1670. The molecule has 0 unspecified atom stereocenters. The van der Waals surface area contributed by atoms with Crippen molar-refractivity contribution in [2.45, 2.75) is 21.6 Å². The number of hydrogen-bond donors (Lipinski definition) is 0. The van der Waals surface area contributed by atoms with Gasteiger partial charge in [-0.25, -0.2) is 0 Å². The zero-order valence-corrected chi connectivity index (χ0v) is 26.4. The Balaban J connectivity index is 0.000000163. The van der Waals surface area contributed by atoms with E-state index in [4.69, 9.17) is 0 Å². The second-order valence-corrected chi connectivity index (χ2v) is 13.3. The van der Waals surface area contributed by atoms with Crippen molar-refractivity contribution in [2.75, 3.05) is 0 Å². The fourth-order valence-corrected chi connectivity index (χ4v) is 8.58. The normalized spacial score (nSPS) is 11.0. The molecule has 0 aromatic heterocycles. The monoisotopic (exact) mass is 596 g/mol. The molecule has 0 aliphatic heterocycles. The van der Waals surface area contributed by atoms with Gasteiger partial charge in [0, 0.05) is 0 Å². The summed E-state index contributed by atoms with van der Waals surface area (Å²) < 4.78 is 0. The van der Waals surface area contributed by atoms with E-state index in [1.54, 1.807) is 0 Å². The Morgan fingerprint density at radius 3 is 0.911 bits per heavy atom. The van der Waals surface area contributed by atoms with Crippen molar-refractivity contribution in [1.82, 2.24) is 0 Å². The molecule has 2 heteroatoms. The zero-order chi connectivity index (χ0) is 30.7. The first-order valence-electron chi connectivity index (χ1n) is 15.6. The fourth-order valence-electron chi connectivity index (χ4n) is 6.39. The van der Waals surface area contributed by atoms with Gasteiger partial charge in [0.15, 0.2) is 14.7 Å². The molecule has 0 saturated carbocycles. The molecule has 0 N–H and O–H groups in total. The first-order chi connectivity index (χ1) is 22.3. The number of hydrogen-bond acceptors (Lipinski definition) is 0. The van der Waals surface area contributed by atoms with Crippen molar-refractivity contribution >= 4 is 38.9 Å². The Morgan fingerprint density at radius 1 is 0.311 bits per heavy atom. The van der Waals surface area contributed by atoms with Crippen molar-refractivity contribution < 1.29 is 0 Å². The Labute approximate surface area is 271 Å². The molecule has 0 saturated heterocycles. The predicted octanol–water partition coefficient (Wildman–Crippen LogP) is 8.15. The molecule has 0 aliphatic rings. The maximum absolute atomic E-state index is 2.29. The molecule has 0 amide bonds. The zero-order valence-electron chi connectivity index (χ0n) is 25.6. The lowest BCUT2D eigenvalue weighted by Gasteiger charge is -2.44. The highest BCUT2D eigenvalue weighted by Crippen LogP contribution is 2.31. The molecule has 0 aliphatic carbocycles. The summed E-state index contributed by atoms with van der Waals surface area (Å²) in [6, 6.07) is 73.9. The highest BCUT2D eigenvalue weighted by Gasteiger charge is 2.31. The molecule has 0 fully saturated rings. The summed E-state index contributed by atoms with van der Waals surface area (Å²) in [5.74, 6) is 0. The van der Waals surface area contributed by atoms with E-state index < -0.39 is 6.15 Å². The van der Waals surface area contributed by atoms with Crippen LogP contribution in [-0.4, -0.2) is 6.15 Å². The minimum Gasteiger partial charge on any atom is -0.195 e. The van der Waals surface area contributed by atoms with Crippen LogP contribution in [0, 0.1) is 6.92 Å². The molecule has 0 spiro atoms. The van der Waals surface area contributed by atoms with Crippen LogP contribution in [-0.2, 0) is 10.9 Å². The summed E-state index contributed by atoms with van der Waals surface area (Å²) in [7, 11) is -0.0249. The lowest BCUT2D eigenvalue weighted by molar-refractivity contribution is 1.29. The Kier molecular flexibility index (Phi) is 9.75. The van der Waals surface area contributed by atoms with Gasteiger partial charge in [-0.1, -0.05) is 170 Å². The second-order valence-electron chi connectivity index (χ2n) is 11.3. The van der Waals surface area contributed by atoms with Crippen molar-refractivity contribution in [3.8, 4) is 0 Å². The van der Waals surface area contributed by atoms with Crippen LogP contribution in [0.4, 0.5) is 0 Å². The standard InChI is InChI=1S/C24H20B.C19H17S/c1-5-13-21(14-6-1)25(22-15-7-2-8-16-22,23-17-9-3-10-18-23)24-19-11-4-12-20-24;1-16-9-8-14-19(15-16)20(17-10-4-2-5-11-17)18-12-6-3-7-13-18/h1-20H;2-15H,1H3/q-1;+1. The van der Waals surface area contributed by atoms with Crippen LogP contribution in [0.3, 0.4) is 0 Å². The SMILES string of the molecule is Cc1cccc([S+](c2ccccc2)c2ccccc2)c1.c1ccc([B-](c2ccccc2)(c2ccccc2)c2ccccc2)cc1. The summed E-state index contributed by atoms with van der Waals surface area (Å²) in [5.41, 5.74) is 6.67. The molecule has 45 heavy (non-hydrogen) atoms. The molecule has 218 valence electrons. The van der Waals surface area contributed by atoms with Gasteiger partial charge < -0.3 is 0 Å². The summed E-state index contributed by atoms with van der Waals surface area (Å²) in [6.45, 7) is 2.15. The van der Waals surface area contributed by atoms with Gasteiger partial charge in [0.2, 0.25) is 0 Å². The summed E-state index contributed by atoms with van der Waals surface area (Å²) in [6.07, 6.45) is -1.22. The predicted molar refractivity (Wildman–Crippen MR) is 196 cm³/mol.